The molecule has 0 saturated heterocycles. The summed E-state index contributed by atoms with van der Waals surface area (Å²) in [6, 6.07) is 8.97. The van der Waals surface area contributed by atoms with Crippen LogP contribution < -0.4 is 5.32 Å². The molecule has 1 aromatic heterocycles. The van der Waals surface area contributed by atoms with Crippen molar-refractivity contribution in [2.45, 2.75) is 40.2 Å². The van der Waals surface area contributed by atoms with E-state index in [1.54, 1.807) is 0 Å². The van der Waals surface area contributed by atoms with E-state index in [1.807, 2.05) is 6.92 Å². The molecular weight excluding hydrogens is 234 g/mol. The van der Waals surface area contributed by atoms with Gasteiger partial charge in [-0.25, -0.2) is 4.98 Å². The molecule has 3 nitrogen and oxygen atoms in total. The second-order valence-corrected chi connectivity index (χ2v) is 5.31. The standard InChI is InChI=1S/C16H23N3/c1-12(2)19-11-14(4)18-16(19)17-10-9-15-8-6-5-7-13(15)3/h5-8,11-12H,9-10H2,1-4H3,(H,17,18). The minimum Gasteiger partial charge on any atom is -0.355 e. The number of hydrogen-bond donors (Lipinski definition) is 1. The molecule has 0 unspecified atom stereocenters. The zero-order chi connectivity index (χ0) is 13.8. The maximum atomic E-state index is 4.54. The van der Waals surface area contributed by atoms with Crippen molar-refractivity contribution in [3.8, 4) is 0 Å². The van der Waals surface area contributed by atoms with Crippen LogP contribution in [0.2, 0.25) is 0 Å². The van der Waals surface area contributed by atoms with Gasteiger partial charge in [0.15, 0.2) is 0 Å². The van der Waals surface area contributed by atoms with Crippen molar-refractivity contribution in [1.82, 2.24) is 9.55 Å². The zero-order valence-corrected chi connectivity index (χ0v) is 12.3. The molecule has 1 aromatic carbocycles. The number of aromatic nitrogens is 2. The van der Waals surface area contributed by atoms with Crippen molar-refractivity contribution in [2.75, 3.05) is 11.9 Å². The molecule has 3 heteroatoms. The quantitative estimate of drug-likeness (QED) is 0.884. The van der Waals surface area contributed by atoms with Crippen LogP contribution >= 0.6 is 0 Å². The number of rotatable bonds is 5. The highest BCUT2D eigenvalue weighted by molar-refractivity contribution is 5.31. The Balaban J connectivity index is 1.98. The van der Waals surface area contributed by atoms with Gasteiger partial charge in [0.25, 0.3) is 0 Å². The summed E-state index contributed by atoms with van der Waals surface area (Å²) in [7, 11) is 0. The van der Waals surface area contributed by atoms with E-state index < -0.39 is 0 Å². The highest BCUT2D eigenvalue weighted by Crippen LogP contribution is 2.15. The van der Waals surface area contributed by atoms with E-state index >= 15 is 0 Å². The maximum absolute atomic E-state index is 4.54. The van der Waals surface area contributed by atoms with Crippen LogP contribution in [0, 0.1) is 13.8 Å². The predicted molar refractivity (Wildman–Crippen MR) is 80.7 cm³/mol. The van der Waals surface area contributed by atoms with E-state index in [1.165, 1.54) is 11.1 Å². The molecule has 0 radical (unpaired) electrons. The van der Waals surface area contributed by atoms with Gasteiger partial charge >= 0.3 is 0 Å². The number of nitrogens with one attached hydrogen (secondary N) is 1. The summed E-state index contributed by atoms with van der Waals surface area (Å²) in [6.45, 7) is 9.45. The van der Waals surface area contributed by atoms with Crippen molar-refractivity contribution < 1.29 is 0 Å². The summed E-state index contributed by atoms with van der Waals surface area (Å²) in [5.74, 6) is 0.973. The molecule has 0 atom stereocenters. The summed E-state index contributed by atoms with van der Waals surface area (Å²) in [5, 5.41) is 3.44. The summed E-state index contributed by atoms with van der Waals surface area (Å²) in [6.07, 6.45) is 3.12. The van der Waals surface area contributed by atoms with Crippen LogP contribution in [0.15, 0.2) is 30.5 Å². The van der Waals surface area contributed by atoms with Crippen LogP contribution in [0.1, 0.15) is 36.7 Å². The molecule has 19 heavy (non-hydrogen) atoms. The molecule has 0 aliphatic carbocycles. The van der Waals surface area contributed by atoms with Crippen LogP contribution in [0.5, 0.6) is 0 Å². The number of hydrogen-bond acceptors (Lipinski definition) is 2. The van der Waals surface area contributed by atoms with Gasteiger partial charge in [-0.3, -0.25) is 0 Å². The highest BCUT2D eigenvalue weighted by atomic mass is 15.2. The molecule has 1 heterocycles. The van der Waals surface area contributed by atoms with E-state index in [4.69, 9.17) is 0 Å². The fraction of sp³-hybridized carbons (Fsp3) is 0.438. The van der Waals surface area contributed by atoms with Gasteiger partial charge in [-0.05, 0) is 45.2 Å². The Bertz CT molecular complexity index is 541. The lowest BCUT2D eigenvalue weighted by Gasteiger charge is -2.13. The first kappa shape index (κ1) is 13.7. The van der Waals surface area contributed by atoms with Crippen molar-refractivity contribution in [3.63, 3.8) is 0 Å². The van der Waals surface area contributed by atoms with Gasteiger partial charge in [-0.15, -0.1) is 0 Å². The van der Waals surface area contributed by atoms with Crippen LogP contribution in [-0.4, -0.2) is 16.1 Å². The van der Waals surface area contributed by atoms with Crippen LogP contribution in [0.4, 0.5) is 5.95 Å². The normalized spacial score (nSPS) is 11.0. The Hall–Kier alpha value is -1.77. The van der Waals surface area contributed by atoms with E-state index in [-0.39, 0.29) is 0 Å². The fourth-order valence-corrected chi connectivity index (χ4v) is 2.24. The molecule has 0 aliphatic rings. The smallest absolute Gasteiger partial charge is 0.203 e. The van der Waals surface area contributed by atoms with Gasteiger partial charge in [-0.1, -0.05) is 24.3 Å². The van der Waals surface area contributed by atoms with Crippen LogP contribution in [0.3, 0.4) is 0 Å². The van der Waals surface area contributed by atoms with Gasteiger partial charge in [-0.2, -0.15) is 0 Å². The zero-order valence-electron chi connectivity index (χ0n) is 12.3. The maximum Gasteiger partial charge on any atom is 0.203 e. The number of aryl methyl sites for hydroxylation is 2. The number of anilines is 1. The Kier molecular flexibility index (Phi) is 4.25. The lowest BCUT2D eigenvalue weighted by molar-refractivity contribution is 0.604. The Morgan fingerprint density at radius 2 is 1.95 bits per heavy atom. The van der Waals surface area contributed by atoms with Gasteiger partial charge in [0.1, 0.15) is 0 Å². The van der Waals surface area contributed by atoms with Crippen LogP contribution in [-0.2, 0) is 6.42 Å². The lowest BCUT2D eigenvalue weighted by atomic mass is 10.1. The molecular formula is C16H23N3. The molecule has 0 spiro atoms. The second kappa shape index (κ2) is 5.91. The molecule has 0 aliphatic heterocycles. The molecule has 102 valence electrons. The minimum atomic E-state index is 0.433. The Labute approximate surface area is 115 Å². The summed E-state index contributed by atoms with van der Waals surface area (Å²) >= 11 is 0. The van der Waals surface area contributed by atoms with Gasteiger partial charge in [0.05, 0.1) is 5.69 Å². The third-order valence-corrected chi connectivity index (χ3v) is 3.35. The van der Waals surface area contributed by atoms with Gasteiger partial charge < -0.3 is 9.88 Å². The number of benzene rings is 1. The monoisotopic (exact) mass is 257 g/mol. The Morgan fingerprint density at radius 1 is 1.21 bits per heavy atom. The first-order valence-corrected chi connectivity index (χ1v) is 6.92. The molecule has 1 N–H and O–H groups in total. The third kappa shape index (κ3) is 3.37. The number of nitrogens with zero attached hydrogens (tertiary/aromatic N) is 2. The first-order valence-electron chi connectivity index (χ1n) is 6.92. The van der Waals surface area contributed by atoms with E-state index in [9.17, 15) is 0 Å². The fourth-order valence-electron chi connectivity index (χ4n) is 2.24. The van der Waals surface area contributed by atoms with Crippen molar-refractivity contribution in [2.24, 2.45) is 0 Å². The molecule has 0 amide bonds. The first-order chi connectivity index (χ1) is 9.08. The largest absolute Gasteiger partial charge is 0.355 e. The van der Waals surface area contributed by atoms with Crippen molar-refractivity contribution in [3.05, 3.63) is 47.3 Å². The highest BCUT2D eigenvalue weighted by Gasteiger charge is 2.07. The SMILES string of the molecule is Cc1cn(C(C)C)c(NCCc2ccccc2C)n1. The molecule has 0 fully saturated rings. The average molecular weight is 257 g/mol. The van der Waals surface area contributed by atoms with E-state index in [0.29, 0.717) is 6.04 Å². The minimum absolute atomic E-state index is 0.433. The van der Waals surface area contributed by atoms with Crippen molar-refractivity contribution in [1.29, 1.82) is 0 Å². The summed E-state index contributed by atoms with van der Waals surface area (Å²) in [5.41, 5.74) is 3.81. The Morgan fingerprint density at radius 3 is 2.63 bits per heavy atom. The van der Waals surface area contributed by atoms with Gasteiger partial charge in [0, 0.05) is 18.8 Å². The molecule has 0 saturated carbocycles. The van der Waals surface area contributed by atoms with Gasteiger partial charge in [0.2, 0.25) is 5.95 Å². The third-order valence-electron chi connectivity index (χ3n) is 3.35. The number of imidazole rings is 1. The summed E-state index contributed by atoms with van der Waals surface area (Å²) < 4.78 is 2.19. The van der Waals surface area contributed by atoms with Crippen LogP contribution in [0.25, 0.3) is 0 Å². The van der Waals surface area contributed by atoms with E-state index in [2.05, 4.69) is 66.1 Å². The second-order valence-electron chi connectivity index (χ2n) is 5.31. The predicted octanol–water partition coefficient (Wildman–Crippen LogP) is 3.74. The van der Waals surface area contributed by atoms with E-state index in [0.717, 1.165) is 24.6 Å². The topological polar surface area (TPSA) is 29.9 Å². The lowest BCUT2D eigenvalue weighted by Crippen LogP contribution is -2.12. The average Bonchev–Trinajstić information content (AvgIpc) is 2.73. The summed E-state index contributed by atoms with van der Waals surface area (Å²) in [4.78, 5) is 4.54. The molecule has 2 aromatic rings. The van der Waals surface area contributed by atoms with Crippen molar-refractivity contribution >= 4 is 5.95 Å². The molecule has 2 rings (SSSR count). The molecule has 0 bridgehead atoms.